The fraction of sp³-hybridized carbons (Fsp3) is 0.667. The van der Waals surface area contributed by atoms with Gasteiger partial charge in [0.15, 0.2) is 0 Å². The molecule has 1 N–H and O–H groups in total. The zero-order valence-electron chi connectivity index (χ0n) is 13.5. The van der Waals surface area contributed by atoms with Gasteiger partial charge in [-0.05, 0) is 69.8 Å². The van der Waals surface area contributed by atoms with Gasteiger partial charge in [0, 0.05) is 18.1 Å². The Kier molecular flexibility index (Phi) is 4.51. The smallest absolute Gasteiger partial charge is 0.118 e. The largest absolute Gasteiger partial charge is 0.497 e. The second-order valence-corrected chi connectivity index (χ2v) is 6.81. The number of nitrogens with one attached hydrogen (secondary N) is 1. The van der Waals surface area contributed by atoms with Crippen molar-refractivity contribution in [2.45, 2.75) is 50.7 Å². The van der Waals surface area contributed by atoms with Gasteiger partial charge in [-0.25, -0.2) is 0 Å². The van der Waals surface area contributed by atoms with Gasteiger partial charge in [0.2, 0.25) is 0 Å². The molecule has 2 aliphatic rings. The van der Waals surface area contributed by atoms with E-state index in [1.54, 1.807) is 7.11 Å². The van der Waals surface area contributed by atoms with Gasteiger partial charge in [-0.2, -0.15) is 0 Å². The number of nitrogens with zero attached hydrogens (tertiary/aromatic N) is 1. The van der Waals surface area contributed by atoms with Crippen LogP contribution in [-0.2, 0) is 0 Å². The molecule has 3 heteroatoms. The maximum absolute atomic E-state index is 5.27. The lowest BCUT2D eigenvalue weighted by atomic mass is 9.95. The van der Waals surface area contributed by atoms with Crippen LogP contribution >= 0.6 is 0 Å². The van der Waals surface area contributed by atoms with Gasteiger partial charge >= 0.3 is 0 Å². The summed E-state index contributed by atoms with van der Waals surface area (Å²) in [6.45, 7) is 3.55. The first-order valence-electron chi connectivity index (χ1n) is 8.27. The van der Waals surface area contributed by atoms with Gasteiger partial charge in [0.05, 0.1) is 7.11 Å². The number of piperidine rings is 1. The molecule has 1 aromatic rings. The molecule has 1 saturated heterocycles. The summed E-state index contributed by atoms with van der Waals surface area (Å²) in [6.07, 6.45) is 5.26. The number of hydrogen-bond donors (Lipinski definition) is 1. The Hall–Kier alpha value is -1.06. The van der Waals surface area contributed by atoms with Crippen molar-refractivity contribution in [3.05, 3.63) is 29.8 Å². The number of methoxy groups -OCH3 is 1. The minimum atomic E-state index is 0.525. The first kappa shape index (κ1) is 14.9. The zero-order chi connectivity index (χ0) is 14.8. The highest BCUT2D eigenvalue weighted by Gasteiger charge is 2.34. The molecule has 116 valence electrons. The summed E-state index contributed by atoms with van der Waals surface area (Å²) in [5, 5.41) is 3.96. The molecular formula is C18H28N2O. The van der Waals surface area contributed by atoms with E-state index in [4.69, 9.17) is 4.74 Å². The molecular weight excluding hydrogens is 260 g/mol. The maximum Gasteiger partial charge on any atom is 0.118 e. The fourth-order valence-electron chi connectivity index (χ4n) is 3.44. The van der Waals surface area contributed by atoms with Crippen LogP contribution in [0.25, 0.3) is 0 Å². The van der Waals surface area contributed by atoms with E-state index in [9.17, 15) is 0 Å². The highest BCUT2D eigenvalue weighted by atomic mass is 16.5. The van der Waals surface area contributed by atoms with Gasteiger partial charge in [-0.3, -0.25) is 0 Å². The van der Waals surface area contributed by atoms with Crippen LogP contribution in [0, 0.1) is 5.92 Å². The highest BCUT2D eigenvalue weighted by molar-refractivity contribution is 5.30. The lowest BCUT2D eigenvalue weighted by Crippen LogP contribution is -2.46. The van der Waals surface area contributed by atoms with Crippen molar-refractivity contribution in [2.75, 3.05) is 20.7 Å². The molecule has 0 aromatic heterocycles. The van der Waals surface area contributed by atoms with Gasteiger partial charge in [-0.1, -0.05) is 12.1 Å². The number of ether oxygens (including phenoxy) is 1. The van der Waals surface area contributed by atoms with Crippen molar-refractivity contribution in [2.24, 2.45) is 5.92 Å². The summed E-state index contributed by atoms with van der Waals surface area (Å²) in [5.41, 5.74) is 1.42. The topological polar surface area (TPSA) is 24.5 Å². The average molecular weight is 288 g/mol. The normalized spacial score (nSPS) is 28.3. The van der Waals surface area contributed by atoms with E-state index in [-0.39, 0.29) is 0 Å². The Bertz CT molecular complexity index is 455. The van der Waals surface area contributed by atoms with E-state index in [1.165, 1.54) is 37.8 Å². The van der Waals surface area contributed by atoms with Crippen molar-refractivity contribution in [3.63, 3.8) is 0 Å². The molecule has 3 unspecified atom stereocenters. The van der Waals surface area contributed by atoms with Gasteiger partial charge < -0.3 is 15.0 Å². The highest BCUT2D eigenvalue weighted by Crippen LogP contribution is 2.42. The molecule has 0 amide bonds. The molecule has 1 saturated carbocycles. The third-order valence-electron chi connectivity index (χ3n) is 5.19. The minimum Gasteiger partial charge on any atom is -0.497 e. The van der Waals surface area contributed by atoms with Crippen molar-refractivity contribution in [1.82, 2.24) is 10.2 Å². The molecule has 0 bridgehead atoms. The van der Waals surface area contributed by atoms with E-state index in [0.717, 1.165) is 11.7 Å². The van der Waals surface area contributed by atoms with Gasteiger partial charge in [0.25, 0.3) is 0 Å². The first-order valence-corrected chi connectivity index (χ1v) is 8.27. The molecule has 3 nitrogen and oxygen atoms in total. The molecule has 0 spiro atoms. The summed E-state index contributed by atoms with van der Waals surface area (Å²) in [6, 6.07) is 10.5. The average Bonchev–Trinajstić information content (AvgIpc) is 3.33. The second kappa shape index (κ2) is 6.37. The summed E-state index contributed by atoms with van der Waals surface area (Å²) in [4.78, 5) is 2.47. The first-order chi connectivity index (χ1) is 10.2. The Morgan fingerprint density at radius 1 is 1.19 bits per heavy atom. The van der Waals surface area contributed by atoms with E-state index in [1.807, 2.05) is 0 Å². The number of likely N-dealkylation sites (tertiary alicyclic amines) is 1. The standard InChI is InChI=1S/C18H28N2O/c1-13-12-16(10-11-20(13)2)19-18(14-4-5-14)15-6-8-17(21-3)9-7-15/h6-9,13-14,16,18-19H,4-5,10-12H2,1-3H3. The number of benzene rings is 1. The molecule has 1 aliphatic carbocycles. The van der Waals surface area contributed by atoms with Crippen LogP contribution < -0.4 is 10.1 Å². The summed E-state index contributed by atoms with van der Waals surface area (Å²) in [7, 11) is 3.97. The van der Waals surface area contributed by atoms with Crippen molar-refractivity contribution in [1.29, 1.82) is 0 Å². The van der Waals surface area contributed by atoms with Crippen molar-refractivity contribution >= 4 is 0 Å². The fourth-order valence-corrected chi connectivity index (χ4v) is 3.44. The van der Waals surface area contributed by atoms with Crippen LogP contribution in [0.4, 0.5) is 0 Å². The molecule has 21 heavy (non-hydrogen) atoms. The summed E-state index contributed by atoms with van der Waals surface area (Å²) < 4.78 is 5.27. The number of hydrogen-bond acceptors (Lipinski definition) is 3. The SMILES string of the molecule is COc1ccc(C(NC2CCN(C)C(C)C2)C2CC2)cc1. The predicted octanol–water partition coefficient (Wildman–Crippen LogP) is 3.22. The van der Waals surface area contributed by atoms with Crippen LogP contribution in [0.15, 0.2) is 24.3 Å². The molecule has 1 heterocycles. The Labute approximate surface area is 128 Å². The predicted molar refractivity (Wildman–Crippen MR) is 86.7 cm³/mol. The monoisotopic (exact) mass is 288 g/mol. The van der Waals surface area contributed by atoms with Crippen LogP contribution in [0.2, 0.25) is 0 Å². The lowest BCUT2D eigenvalue weighted by molar-refractivity contribution is 0.160. The van der Waals surface area contributed by atoms with Gasteiger partial charge in [0.1, 0.15) is 5.75 Å². The van der Waals surface area contributed by atoms with Crippen LogP contribution in [0.1, 0.15) is 44.2 Å². The van der Waals surface area contributed by atoms with Crippen molar-refractivity contribution < 1.29 is 4.74 Å². The summed E-state index contributed by atoms with van der Waals surface area (Å²) in [5.74, 6) is 1.77. The zero-order valence-corrected chi connectivity index (χ0v) is 13.5. The number of rotatable bonds is 5. The summed E-state index contributed by atoms with van der Waals surface area (Å²) >= 11 is 0. The molecule has 3 rings (SSSR count). The Morgan fingerprint density at radius 2 is 1.90 bits per heavy atom. The molecule has 3 atom stereocenters. The minimum absolute atomic E-state index is 0.525. The van der Waals surface area contributed by atoms with Gasteiger partial charge in [-0.15, -0.1) is 0 Å². The third-order valence-corrected chi connectivity index (χ3v) is 5.19. The maximum atomic E-state index is 5.27. The molecule has 2 fully saturated rings. The molecule has 0 radical (unpaired) electrons. The van der Waals surface area contributed by atoms with E-state index < -0.39 is 0 Å². The van der Waals surface area contributed by atoms with Crippen LogP contribution in [-0.4, -0.2) is 37.7 Å². The molecule has 1 aliphatic heterocycles. The second-order valence-electron chi connectivity index (χ2n) is 6.81. The Morgan fingerprint density at radius 3 is 2.48 bits per heavy atom. The van der Waals surface area contributed by atoms with E-state index in [2.05, 4.69) is 48.5 Å². The van der Waals surface area contributed by atoms with Crippen LogP contribution in [0.5, 0.6) is 5.75 Å². The lowest BCUT2D eigenvalue weighted by Gasteiger charge is -2.37. The quantitative estimate of drug-likeness (QED) is 0.900. The van der Waals surface area contributed by atoms with Crippen molar-refractivity contribution in [3.8, 4) is 5.75 Å². The Balaban J connectivity index is 1.67. The van der Waals surface area contributed by atoms with E-state index in [0.29, 0.717) is 18.1 Å². The van der Waals surface area contributed by atoms with Crippen LogP contribution in [0.3, 0.4) is 0 Å². The molecule has 1 aromatic carbocycles. The van der Waals surface area contributed by atoms with E-state index >= 15 is 0 Å². The third kappa shape index (κ3) is 3.58.